The lowest BCUT2D eigenvalue weighted by Gasteiger charge is -2.38. The number of likely N-dealkylation sites (N-methyl/N-ethyl adjacent to an activating group) is 1. The molecule has 0 aliphatic carbocycles. The van der Waals surface area contributed by atoms with Crippen LogP contribution in [0, 0.1) is 0 Å². The topological polar surface area (TPSA) is 24.5 Å². The molecule has 2 aliphatic rings. The molecule has 86 valence electrons. The van der Waals surface area contributed by atoms with Crippen molar-refractivity contribution in [1.29, 1.82) is 0 Å². The highest BCUT2D eigenvalue weighted by Gasteiger charge is 2.28. The van der Waals surface area contributed by atoms with Gasteiger partial charge in [-0.1, -0.05) is 19.1 Å². The van der Waals surface area contributed by atoms with E-state index >= 15 is 0 Å². The average Bonchev–Trinajstić information content (AvgIpc) is 2.71. The van der Waals surface area contributed by atoms with Gasteiger partial charge in [-0.05, 0) is 18.2 Å². The van der Waals surface area contributed by atoms with Gasteiger partial charge in [-0.3, -0.25) is 4.90 Å². The third-order valence-electron chi connectivity index (χ3n) is 3.51. The number of ether oxygens (including phenoxy) is 1. The predicted molar refractivity (Wildman–Crippen MR) is 63.5 cm³/mol. The molecule has 0 bridgehead atoms. The zero-order valence-corrected chi connectivity index (χ0v) is 9.70. The number of benzene rings is 1. The fourth-order valence-corrected chi connectivity index (χ4v) is 2.44. The average molecular weight is 218 g/mol. The summed E-state index contributed by atoms with van der Waals surface area (Å²) in [6.07, 6.45) is 0.395. The van der Waals surface area contributed by atoms with E-state index in [1.165, 1.54) is 11.1 Å². The van der Waals surface area contributed by atoms with Crippen LogP contribution in [0.5, 0.6) is 5.75 Å². The van der Waals surface area contributed by atoms with Gasteiger partial charge in [0.25, 0.3) is 0 Å². The summed E-state index contributed by atoms with van der Waals surface area (Å²) in [5.41, 5.74) is 2.75. The maximum absolute atomic E-state index is 6.04. The van der Waals surface area contributed by atoms with Crippen LogP contribution in [0.1, 0.15) is 18.1 Å². The van der Waals surface area contributed by atoms with Crippen LogP contribution in [-0.4, -0.2) is 30.6 Å². The molecule has 1 aromatic rings. The van der Waals surface area contributed by atoms with Crippen molar-refractivity contribution in [2.24, 2.45) is 0 Å². The number of rotatable bonds is 3. The Morgan fingerprint density at radius 1 is 1.38 bits per heavy atom. The summed E-state index contributed by atoms with van der Waals surface area (Å²) in [6.45, 7) is 7.42. The molecule has 3 nitrogen and oxygen atoms in total. The monoisotopic (exact) mass is 218 g/mol. The first-order chi connectivity index (χ1) is 7.86. The zero-order chi connectivity index (χ0) is 11.0. The molecule has 16 heavy (non-hydrogen) atoms. The lowest BCUT2D eigenvalue weighted by Crippen LogP contribution is -2.53. The van der Waals surface area contributed by atoms with Crippen molar-refractivity contribution in [2.75, 3.05) is 19.6 Å². The first kappa shape index (κ1) is 10.1. The molecule has 0 unspecified atom stereocenters. The summed E-state index contributed by atoms with van der Waals surface area (Å²) >= 11 is 0. The quantitative estimate of drug-likeness (QED) is 0.829. The highest BCUT2D eigenvalue weighted by atomic mass is 16.5. The second-order valence-electron chi connectivity index (χ2n) is 4.59. The smallest absolute Gasteiger partial charge is 0.124 e. The maximum atomic E-state index is 6.04. The molecule has 3 rings (SSSR count). The van der Waals surface area contributed by atoms with Crippen molar-refractivity contribution in [1.82, 2.24) is 10.2 Å². The summed E-state index contributed by atoms with van der Waals surface area (Å²) < 4.78 is 6.04. The molecular weight excluding hydrogens is 200 g/mol. The largest absolute Gasteiger partial charge is 0.487 e. The molecule has 0 aromatic heterocycles. The molecule has 1 fully saturated rings. The van der Waals surface area contributed by atoms with E-state index in [0.29, 0.717) is 6.10 Å². The first-order valence-electron chi connectivity index (χ1n) is 6.07. The van der Waals surface area contributed by atoms with E-state index in [0.717, 1.165) is 38.5 Å². The normalized spacial score (nSPS) is 20.6. The van der Waals surface area contributed by atoms with Crippen molar-refractivity contribution in [2.45, 2.75) is 26.1 Å². The fraction of sp³-hybridized carbons (Fsp3) is 0.538. The molecule has 0 atom stereocenters. The van der Waals surface area contributed by atoms with Crippen molar-refractivity contribution >= 4 is 0 Å². The Morgan fingerprint density at radius 2 is 2.25 bits per heavy atom. The van der Waals surface area contributed by atoms with E-state index in [2.05, 4.69) is 35.3 Å². The van der Waals surface area contributed by atoms with Crippen LogP contribution in [0.15, 0.2) is 18.2 Å². The third-order valence-corrected chi connectivity index (χ3v) is 3.51. The minimum Gasteiger partial charge on any atom is -0.487 e. The van der Waals surface area contributed by atoms with E-state index < -0.39 is 0 Å². The van der Waals surface area contributed by atoms with Gasteiger partial charge in [-0.2, -0.15) is 0 Å². The van der Waals surface area contributed by atoms with Crippen molar-refractivity contribution in [3.63, 3.8) is 0 Å². The van der Waals surface area contributed by atoms with Gasteiger partial charge in [-0.25, -0.2) is 0 Å². The van der Waals surface area contributed by atoms with Crippen LogP contribution in [0.3, 0.4) is 0 Å². The fourth-order valence-electron chi connectivity index (χ4n) is 2.44. The number of hydrogen-bond acceptors (Lipinski definition) is 3. The summed E-state index contributed by atoms with van der Waals surface area (Å²) in [5, 5.41) is 3.37. The lowest BCUT2D eigenvalue weighted by molar-refractivity contribution is 0.0233. The van der Waals surface area contributed by atoms with E-state index in [4.69, 9.17) is 4.74 Å². The number of likely N-dealkylation sites (tertiary alicyclic amines) is 1. The molecule has 2 heterocycles. The minimum atomic E-state index is 0.395. The van der Waals surface area contributed by atoms with Crippen molar-refractivity contribution in [3.05, 3.63) is 29.3 Å². The van der Waals surface area contributed by atoms with E-state index in [1.54, 1.807) is 0 Å². The Bertz CT molecular complexity index is 386. The van der Waals surface area contributed by atoms with Crippen LogP contribution in [0.4, 0.5) is 0 Å². The predicted octanol–water partition coefficient (Wildman–Crippen LogP) is 1.37. The molecule has 2 aliphatic heterocycles. The Hall–Kier alpha value is -1.06. The SMILES string of the molecule is CCN1CC(Oc2cccc3c2CNC3)C1. The van der Waals surface area contributed by atoms with E-state index in [9.17, 15) is 0 Å². The van der Waals surface area contributed by atoms with Gasteiger partial charge in [0.15, 0.2) is 0 Å². The van der Waals surface area contributed by atoms with Crippen LogP contribution >= 0.6 is 0 Å². The lowest BCUT2D eigenvalue weighted by atomic mass is 10.1. The highest BCUT2D eigenvalue weighted by molar-refractivity contribution is 5.42. The molecule has 0 spiro atoms. The van der Waals surface area contributed by atoms with Crippen LogP contribution in [-0.2, 0) is 13.1 Å². The summed E-state index contributed by atoms with van der Waals surface area (Å²) in [6, 6.07) is 6.37. The van der Waals surface area contributed by atoms with Gasteiger partial charge in [0.1, 0.15) is 11.9 Å². The summed E-state index contributed by atoms with van der Waals surface area (Å²) in [7, 11) is 0. The Morgan fingerprint density at radius 3 is 3.06 bits per heavy atom. The molecule has 3 heteroatoms. The van der Waals surface area contributed by atoms with Gasteiger partial charge in [0, 0.05) is 31.7 Å². The van der Waals surface area contributed by atoms with Gasteiger partial charge in [-0.15, -0.1) is 0 Å². The molecule has 0 radical (unpaired) electrons. The highest BCUT2D eigenvalue weighted by Crippen LogP contribution is 2.28. The molecule has 1 saturated heterocycles. The second-order valence-corrected chi connectivity index (χ2v) is 4.59. The van der Waals surface area contributed by atoms with Gasteiger partial charge < -0.3 is 10.1 Å². The standard InChI is InChI=1S/C13H18N2O/c1-2-15-8-11(9-15)16-13-5-3-4-10-6-14-7-12(10)13/h3-5,11,14H,2,6-9H2,1H3. The van der Waals surface area contributed by atoms with Gasteiger partial charge >= 0.3 is 0 Å². The Balaban J connectivity index is 1.69. The molecule has 0 saturated carbocycles. The number of hydrogen-bond donors (Lipinski definition) is 1. The number of nitrogens with zero attached hydrogens (tertiary/aromatic N) is 1. The summed E-state index contributed by atoms with van der Waals surface area (Å²) in [5.74, 6) is 1.09. The van der Waals surface area contributed by atoms with Gasteiger partial charge in [0.2, 0.25) is 0 Å². The Kier molecular flexibility index (Phi) is 2.58. The molecule has 1 aromatic carbocycles. The van der Waals surface area contributed by atoms with Crippen LogP contribution in [0.25, 0.3) is 0 Å². The van der Waals surface area contributed by atoms with Crippen LogP contribution in [0.2, 0.25) is 0 Å². The molecular formula is C13H18N2O. The van der Waals surface area contributed by atoms with Gasteiger partial charge in [0.05, 0.1) is 0 Å². The van der Waals surface area contributed by atoms with Crippen molar-refractivity contribution < 1.29 is 4.74 Å². The number of fused-ring (bicyclic) bond motifs is 1. The zero-order valence-electron chi connectivity index (χ0n) is 9.70. The summed E-state index contributed by atoms with van der Waals surface area (Å²) in [4.78, 5) is 2.39. The molecule has 1 N–H and O–H groups in total. The van der Waals surface area contributed by atoms with E-state index in [-0.39, 0.29) is 0 Å². The van der Waals surface area contributed by atoms with Crippen molar-refractivity contribution in [3.8, 4) is 5.75 Å². The number of nitrogens with one attached hydrogen (secondary N) is 1. The first-order valence-corrected chi connectivity index (χ1v) is 6.07. The third kappa shape index (κ3) is 1.70. The minimum absolute atomic E-state index is 0.395. The maximum Gasteiger partial charge on any atom is 0.124 e. The molecule has 0 amide bonds. The second kappa shape index (κ2) is 4.07. The Labute approximate surface area is 96.4 Å². The van der Waals surface area contributed by atoms with Crippen LogP contribution < -0.4 is 10.1 Å². The van der Waals surface area contributed by atoms with E-state index in [1.807, 2.05) is 0 Å².